The number of halogens is 2. The highest BCUT2D eigenvalue weighted by Crippen LogP contribution is 2.26. The van der Waals surface area contributed by atoms with Gasteiger partial charge in [0.25, 0.3) is 0 Å². The standard InChI is InChI=1S/C9H11Br2N/c1-6(2)12-9-4-3-7(10)5-8(9)11/h3-6,12H,1-2H3. The number of nitrogens with one attached hydrogen (secondary N) is 1. The van der Waals surface area contributed by atoms with E-state index in [4.69, 9.17) is 0 Å². The Balaban J connectivity index is 2.86. The van der Waals surface area contributed by atoms with E-state index in [0.717, 1.165) is 14.6 Å². The molecule has 0 aliphatic rings. The molecule has 3 heteroatoms. The Morgan fingerprint density at radius 2 is 1.92 bits per heavy atom. The van der Waals surface area contributed by atoms with Crippen molar-refractivity contribution in [3.05, 3.63) is 27.1 Å². The second kappa shape index (κ2) is 4.28. The summed E-state index contributed by atoms with van der Waals surface area (Å²) >= 11 is 6.89. The Morgan fingerprint density at radius 3 is 2.42 bits per heavy atom. The van der Waals surface area contributed by atoms with Crippen molar-refractivity contribution in [3.63, 3.8) is 0 Å². The van der Waals surface area contributed by atoms with E-state index in [9.17, 15) is 0 Å². The predicted octanol–water partition coefficient (Wildman–Crippen LogP) is 4.03. The van der Waals surface area contributed by atoms with Gasteiger partial charge in [0, 0.05) is 20.7 Å². The summed E-state index contributed by atoms with van der Waals surface area (Å²) in [6, 6.07) is 6.57. The highest BCUT2D eigenvalue weighted by atomic mass is 79.9. The fourth-order valence-electron chi connectivity index (χ4n) is 0.918. The summed E-state index contributed by atoms with van der Waals surface area (Å²) in [5, 5.41) is 3.33. The van der Waals surface area contributed by atoms with E-state index in [1.807, 2.05) is 18.2 Å². The van der Waals surface area contributed by atoms with Gasteiger partial charge in [0.1, 0.15) is 0 Å². The van der Waals surface area contributed by atoms with Gasteiger partial charge >= 0.3 is 0 Å². The Morgan fingerprint density at radius 1 is 1.25 bits per heavy atom. The summed E-state index contributed by atoms with van der Waals surface area (Å²) < 4.78 is 2.18. The second-order valence-corrected chi connectivity index (χ2v) is 4.69. The molecule has 0 aromatic heterocycles. The molecule has 0 atom stereocenters. The average molecular weight is 293 g/mol. The van der Waals surface area contributed by atoms with Crippen LogP contribution in [-0.4, -0.2) is 6.04 Å². The van der Waals surface area contributed by atoms with Gasteiger partial charge in [-0.2, -0.15) is 0 Å². The third-order valence-corrected chi connectivity index (χ3v) is 2.52. The molecular weight excluding hydrogens is 282 g/mol. The van der Waals surface area contributed by atoms with Crippen LogP contribution in [0.5, 0.6) is 0 Å². The molecule has 0 unspecified atom stereocenters. The topological polar surface area (TPSA) is 12.0 Å². The molecule has 1 rings (SSSR count). The lowest BCUT2D eigenvalue weighted by Gasteiger charge is -2.11. The van der Waals surface area contributed by atoms with Crippen LogP contribution in [0.4, 0.5) is 5.69 Å². The first-order chi connectivity index (χ1) is 5.59. The van der Waals surface area contributed by atoms with Gasteiger partial charge in [-0.3, -0.25) is 0 Å². The van der Waals surface area contributed by atoms with Crippen molar-refractivity contribution in [2.45, 2.75) is 19.9 Å². The predicted molar refractivity (Wildman–Crippen MR) is 60.6 cm³/mol. The monoisotopic (exact) mass is 291 g/mol. The normalized spacial score (nSPS) is 10.4. The number of anilines is 1. The maximum Gasteiger partial charge on any atom is 0.0487 e. The molecule has 12 heavy (non-hydrogen) atoms. The van der Waals surface area contributed by atoms with Crippen molar-refractivity contribution in [2.24, 2.45) is 0 Å². The summed E-state index contributed by atoms with van der Waals surface area (Å²) in [4.78, 5) is 0. The first-order valence-corrected chi connectivity index (χ1v) is 5.40. The van der Waals surface area contributed by atoms with E-state index in [1.54, 1.807) is 0 Å². The van der Waals surface area contributed by atoms with Crippen molar-refractivity contribution in [1.82, 2.24) is 0 Å². The molecule has 66 valence electrons. The summed E-state index contributed by atoms with van der Waals surface area (Å²) in [7, 11) is 0. The van der Waals surface area contributed by atoms with Crippen LogP contribution >= 0.6 is 31.9 Å². The van der Waals surface area contributed by atoms with Gasteiger partial charge in [0.15, 0.2) is 0 Å². The van der Waals surface area contributed by atoms with Gasteiger partial charge in [0.2, 0.25) is 0 Å². The fraction of sp³-hybridized carbons (Fsp3) is 0.333. The molecular formula is C9H11Br2N. The molecule has 0 saturated heterocycles. The Kier molecular flexibility index (Phi) is 3.59. The Labute approximate surface area is 89.8 Å². The summed E-state index contributed by atoms with van der Waals surface area (Å²) in [5.41, 5.74) is 1.13. The highest BCUT2D eigenvalue weighted by molar-refractivity contribution is 9.11. The lowest BCUT2D eigenvalue weighted by molar-refractivity contribution is 0.898. The minimum Gasteiger partial charge on any atom is -0.382 e. The van der Waals surface area contributed by atoms with Gasteiger partial charge in [-0.25, -0.2) is 0 Å². The SMILES string of the molecule is CC(C)Nc1ccc(Br)cc1Br. The van der Waals surface area contributed by atoms with Crippen molar-refractivity contribution in [1.29, 1.82) is 0 Å². The zero-order valence-corrected chi connectivity index (χ0v) is 10.2. The Bertz CT molecular complexity index is 271. The van der Waals surface area contributed by atoms with Crippen LogP contribution in [0.25, 0.3) is 0 Å². The molecule has 0 radical (unpaired) electrons. The second-order valence-electron chi connectivity index (χ2n) is 2.92. The van der Waals surface area contributed by atoms with Gasteiger partial charge in [0.05, 0.1) is 0 Å². The zero-order valence-electron chi connectivity index (χ0n) is 7.07. The Hall–Kier alpha value is -0.0200. The first kappa shape index (κ1) is 10.1. The minimum atomic E-state index is 0.461. The average Bonchev–Trinajstić information content (AvgIpc) is 1.94. The van der Waals surface area contributed by atoms with E-state index < -0.39 is 0 Å². The molecule has 1 nitrogen and oxygen atoms in total. The molecule has 0 amide bonds. The zero-order chi connectivity index (χ0) is 9.14. The third kappa shape index (κ3) is 2.79. The van der Waals surface area contributed by atoms with Gasteiger partial charge < -0.3 is 5.32 Å². The fourth-order valence-corrected chi connectivity index (χ4v) is 2.08. The summed E-state index contributed by atoms with van der Waals surface area (Å²) in [6.07, 6.45) is 0. The van der Waals surface area contributed by atoms with Crippen LogP contribution in [0.2, 0.25) is 0 Å². The first-order valence-electron chi connectivity index (χ1n) is 3.81. The molecule has 0 saturated carbocycles. The maximum absolute atomic E-state index is 3.48. The lowest BCUT2D eigenvalue weighted by atomic mass is 10.3. The molecule has 0 aliphatic carbocycles. The molecule has 0 fully saturated rings. The number of benzene rings is 1. The van der Waals surface area contributed by atoms with Gasteiger partial charge in [-0.15, -0.1) is 0 Å². The van der Waals surface area contributed by atoms with Crippen molar-refractivity contribution in [2.75, 3.05) is 5.32 Å². The molecule has 1 aromatic carbocycles. The van der Waals surface area contributed by atoms with E-state index in [-0.39, 0.29) is 0 Å². The van der Waals surface area contributed by atoms with Crippen LogP contribution in [0.1, 0.15) is 13.8 Å². The molecule has 0 spiro atoms. The molecule has 0 aliphatic heterocycles. The molecule has 1 N–H and O–H groups in total. The van der Waals surface area contributed by atoms with E-state index in [0.29, 0.717) is 6.04 Å². The van der Waals surface area contributed by atoms with E-state index in [1.165, 1.54) is 0 Å². The molecule has 1 aromatic rings. The number of rotatable bonds is 2. The van der Waals surface area contributed by atoms with Crippen LogP contribution in [0.3, 0.4) is 0 Å². The van der Waals surface area contributed by atoms with Crippen molar-refractivity contribution < 1.29 is 0 Å². The smallest absolute Gasteiger partial charge is 0.0487 e. The van der Waals surface area contributed by atoms with Gasteiger partial charge in [-0.05, 0) is 48.0 Å². The van der Waals surface area contributed by atoms with Crippen LogP contribution in [0.15, 0.2) is 27.1 Å². The quantitative estimate of drug-likeness (QED) is 0.868. The van der Waals surface area contributed by atoms with Crippen molar-refractivity contribution >= 4 is 37.5 Å². The summed E-state index contributed by atoms with van der Waals surface area (Å²) in [5.74, 6) is 0. The van der Waals surface area contributed by atoms with E-state index >= 15 is 0 Å². The van der Waals surface area contributed by atoms with Gasteiger partial charge in [-0.1, -0.05) is 15.9 Å². The molecule has 0 heterocycles. The third-order valence-electron chi connectivity index (χ3n) is 1.38. The minimum absolute atomic E-state index is 0.461. The summed E-state index contributed by atoms with van der Waals surface area (Å²) in [6.45, 7) is 4.24. The van der Waals surface area contributed by atoms with E-state index in [2.05, 4.69) is 51.0 Å². The van der Waals surface area contributed by atoms with Crippen LogP contribution in [0, 0.1) is 0 Å². The lowest BCUT2D eigenvalue weighted by Crippen LogP contribution is -2.09. The highest BCUT2D eigenvalue weighted by Gasteiger charge is 2.00. The number of hydrogen-bond donors (Lipinski definition) is 1. The van der Waals surface area contributed by atoms with Crippen LogP contribution in [-0.2, 0) is 0 Å². The number of hydrogen-bond acceptors (Lipinski definition) is 1. The van der Waals surface area contributed by atoms with Crippen molar-refractivity contribution in [3.8, 4) is 0 Å². The molecule has 0 bridgehead atoms. The maximum atomic E-state index is 3.48. The van der Waals surface area contributed by atoms with Crippen LogP contribution < -0.4 is 5.32 Å². The largest absolute Gasteiger partial charge is 0.382 e.